The maximum Gasteiger partial charge on any atom is 0.151 e. The first kappa shape index (κ1) is 17.4. The highest BCUT2D eigenvalue weighted by Crippen LogP contribution is 2.34. The summed E-state index contributed by atoms with van der Waals surface area (Å²) in [5, 5.41) is 8.65. The van der Waals surface area contributed by atoms with Crippen molar-refractivity contribution >= 4 is 5.82 Å². The van der Waals surface area contributed by atoms with E-state index in [1.165, 1.54) is 12.8 Å². The zero-order chi connectivity index (χ0) is 18.0. The lowest BCUT2D eigenvalue weighted by molar-refractivity contribution is 0.00966. The molecular formula is C19H28N6O. The largest absolute Gasteiger partial charge is 0.379 e. The van der Waals surface area contributed by atoms with Gasteiger partial charge in [-0.3, -0.25) is 4.90 Å². The van der Waals surface area contributed by atoms with E-state index in [-0.39, 0.29) is 5.41 Å². The summed E-state index contributed by atoms with van der Waals surface area (Å²) < 4.78 is 8.14. The van der Waals surface area contributed by atoms with Crippen LogP contribution in [-0.4, -0.2) is 64.0 Å². The van der Waals surface area contributed by atoms with E-state index in [9.17, 15) is 0 Å². The fraction of sp³-hybridized carbons (Fsp3) is 0.632. The van der Waals surface area contributed by atoms with Gasteiger partial charge in [0.15, 0.2) is 5.82 Å². The van der Waals surface area contributed by atoms with Crippen LogP contribution in [0.5, 0.6) is 0 Å². The lowest BCUT2D eigenvalue weighted by Crippen LogP contribution is -2.50. The highest BCUT2D eigenvalue weighted by Gasteiger charge is 2.39. The minimum absolute atomic E-state index is 0.145. The Kier molecular flexibility index (Phi) is 4.91. The predicted molar refractivity (Wildman–Crippen MR) is 100.0 cm³/mol. The molecule has 0 radical (unpaired) electrons. The van der Waals surface area contributed by atoms with E-state index in [4.69, 9.17) is 4.74 Å². The van der Waals surface area contributed by atoms with Gasteiger partial charge in [-0.1, -0.05) is 0 Å². The van der Waals surface area contributed by atoms with Gasteiger partial charge in [-0.15, -0.1) is 5.10 Å². The summed E-state index contributed by atoms with van der Waals surface area (Å²) in [6.07, 6.45) is 6.28. The fourth-order valence-corrected chi connectivity index (χ4v) is 4.19. The van der Waals surface area contributed by atoms with Crippen molar-refractivity contribution in [3.05, 3.63) is 36.0 Å². The zero-order valence-electron chi connectivity index (χ0n) is 15.8. The monoisotopic (exact) mass is 356 g/mol. The Hall–Kier alpha value is -1.99. The maximum absolute atomic E-state index is 6.03. The zero-order valence-corrected chi connectivity index (χ0v) is 15.8. The summed E-state index contributed by atoms with van der Waals surface area (Å²) in [6, 6.07) is 4.12. The van der Waals surface area contributed by atoms with Crippen LogP contribution in [0, 0.1) is 12.3 Å². The number of rotatable bonds is 3. The van der Waals surface area contributed by atoms with Crippen molar-refractivity contribution in [2.75, 3.05) is 44.3 Å². The summed E-state index contributed by atoms with van der Waals surface area (Å²) in [4.78, 5) is 9.37. The van der Waals surface area contributed by atoms with Crippen molar-refractivity contribution in [2.24, 2.45) is 12.5 Å². The van der Waals surface area contributed by atoms with Crippen LogP contribution in [0.3, 0.4) is 0 Å². The fourth-order valence-electron chi connectivity index (χ4n) is 4.19. The normalized spacial score (nSPS) is 24.8. The number of ether oxygens (including phenoxy) is 1. The Morgan fingerprint density at radius 2 is 2.12 bits per heavy atom. The summed E-state index contributed by atoms with van der Waals surface area (Å²) in [5.74, 6) is 2.08. The third-order valence-electron chi connectivity index (χ3n) is 5.57. The molecule has 2 aromatic heterocycles. The molecule has 0 unspecified atom stereocenters. The van der Waals surface area contributed by atoms with Crippen molar-refractivity contribution in [3.8, 4) is 0 Å². The first-order chi connectivity index (χ1) is 12.6. The topological polar surface area (TPSA) is 59.3 Å². The second-order valence-corrected chi connectivity index (χ2v) is 7.78. The molecule has 0 N–H and O–H groups in total. The number of aryl methyl sites for hydroxylation is 2. The third kappa shape index (κ3) is 3.73. The molecular weight excluding hydrogens is 328 g/mol. The Balaban J connectivity index is 1.49. The molecule has 2 aromatic rings. The number of hydrogen-bond acceptors (Lipinski definition) is 6. The average Bonchev–Trinajstić information content (AvgIpc) is 2.92. The van der Waals surface area contributed by atoms with Gasteiger partial charge in [-0.25, -0.2) is 4.98 Å². The van der Waals surface area contributed by atoms with E-state index in [2.05, 4.69) is 42.7 Å². The predicted octanol–water partition coefficient (Wildman–Crippen LogP) is 1.64. The SMILES string of the molecule is Cc1ccc(N2CCOC[C@]3(CCCN(Cc4nccn4C)C3)C2)nn1. The van der Waals surface area contributed by atoms with Crippen molar-refractivity contribution in [1.29, 1.82) is 0 Å². The van der Waals surface area contributed by atoms with Crippen LogP contribution in [0.4, 0.5) is 5.82 Å². The molecule has 4 rings (SSSR count). The Morgan fingerprint density at radius 3 is 2.88 bits per heavy atom. The molecule has 1 spiro atoms. The quantitative estimate of drug-likeness (QED) is 0.833. The molecule has 1 atom stereocenters. The summed E-state index contributed by atoms with van der Waals surface area (Å²) in [7, 11) is 2.06. The lowest BCUT2D eigenvalue weighted by atomic mass is 9.80. The van der Waals surface area contributed by atoms with Gasteiger partial charge in [-0.05, 0) is 38.4 Å². The number of piperidine rings is 1. The second kappa shape index (κ2) is 7.32. The van der Waals surface area contributed by atoms with Crippen LogP contribution in [-0.2, 0) is 18.3 Å². The van der Waals surface area contributed by atoms with Crippen LogP contribution in [0.1, 0.15) is 24.4 Å². The molecule has 2 aliphatic heterocycles. The number of anilines is 1. The molecule has 0 aromatic carbocycles. The van der Waals surface area contributed by atoms with Crippen molar-refractivity contribution in [1.82, 2.24) is 24.6 Å². The van der Waals surface area contributed by atoms with Gasteiger partial charge in [0, 0.05) is 44.5 Å². The first-order valence-electron chi connectivity index (χ1n) is 9.45. The van der Waals surface area contributed by atoms with Crippen LogP contribution >= 0.6 is 0 Å². The standard InChI is InChI=1S/C19H28N6O/c1-16-4-5-17(22-21-16)25-10-11-26-15-19(14-25)6-3-8-24(13-19)12-18-20-7-9-23(18)2/h4-5,7,9H,3,6,8,10-15H2,1-2H3/t19-/m0/s1. The van der Waals surface area contributed by atoms with Gasteiger partial charge in [0.1, 0.15) is 5.82 Å². The van der Waals surface area contributed by atoms with E-state index in [1.54, 1.807) is 0 Å². The lowest BCUT2D eigenvalue weighted by Gasteiger charge is -2.43. The van der Waals surface area contributed by atoms with Crippen molar-refractivity contribution in [2.45, 2.75) is 26.3 Å². The molecule has 2 fully saturated rings. The summed E-state index contributed by atoms with van der Waals surface area (Å²) in [5.41, 5.74) is 1.10. The van der Waals surface area contributed by atoms with Gasteiger partial charge in [0.05, 0.1) is 25.5 Å². The Morgan fingerprint density at radius 1 is 1.19 bits per heavy atom. The molecule has 2 aliphatic rings. The summed E-state index contributed by atoms with van der Waals surface area (Å²) >= 11 is 0. The van der Waals surface area contributed by atoms with Gasteiger partial charge in [0.2, 0.25) is 0 Å². The Labute approximate surface area is 155 Å². The first-order valence-corrected chi connectivity index (χ1v) is 9.45. The Bertz CT molecular complexity index is 730. The van der Waals surface area contributed by atoms with Gasteiger partial charge < -0.3 is 14.2 Å². The van der Waals surface area contributed by atoms with E-state index < -0.39 is 0 Å². The molecule has 140 valence electrons. The van der Waals surface area contributed by atoms with Crippen LogP contribution in [0.25, 0.3) is 0 Å². The maximum atomic E-state index is 6.03. The molecule has 0 saturated carbocycles. The molecule has 4 heterocycles. The summed E-state index contributed by atoms with van der Waals surface area (Å²) in [6.45, 7) is 8.45. The second-order valence-electron chi connectivity index (χ2n) is 7.78. The molecule has 0 amide bonds. The smallest absolute Gasteiger partial charge is 0.151 e. The van der Waals surface area contributed by atoms with Crippen molar-refractivity contribution in [3.63, 3.8) is 0 Å². The van der Waals surface area contributed by atoms with Crippen LogP contribution in [0.2, 0.25) is 0 Å². The van der Waals surface area contributed by atoms with E-state index in [1.807, 2.05) is 25.4 Å². The average molecular weight is 356 g/mol. The van der Waals surface area contributed by atoms with E-state index >= 15 is 0 Å². The van der Waals surface area contributed by atoms with E-state index in [0.717, 1.165) is 63.3 Å². The minimum Gasteiger partial charge on any atom is -0.379 e. The molecule has 7 nitrogen and oxygen atoms in total. The molecule has 7 heteroatoms. The highest BCUT2D eigenvalue weighted by atomic mass is 16.5. The minimum atomic E-state index is 0.145. The molecule has 2 saturated heterocycles. The number of aromatic nitrogens is 4. The van der Waals surface area contributed by atoms with Crippen LogP contribution < -0.4 is 4.90 Å². The number of nitrogens with zero attached hydrogens (tertiary/aromatic N) is 6. The molecule has 0 aliphatic carbocycles. The van der Waals surface area contributed by atoms with Crippen LogP contribution in [0.15, 0.2) is 24.5 Å². The van der Waals surface area contributed by atoms with Gasteiger partial charge >= 0.3 is 0 Å². The van der Waals surface area contributed by atoms with Gasteiger partial charge in [0.25, 0.3) is 0 Å². The molecule has 26 heavy (non-hydrogen) atoms. The van der Waals surface area contributed by atoms with E-state index in [0.29, 0.717) is 0 Å². The number of likely N-dealkylation sites (tertiary alicyclic amines) is 1. The number of hydrogen-bond donors (Lipinski definition) is 0. The third-order valence-corrected chi connectivity index (χ3v) is 5.57. The highest BCUT2D eigenvalue weighted by molar-refractivity contribution is 5.38. The van der Waals surface area contributed by atoms with Gasteiger partial charge in [-0.2, -0.15) is 5.10 Å². The van der Waals surface area contributed by atoms with Crippen molar-refractivity contribution < 1.29 is 4.74 Å². The molecule has 0 bridgehead atoms. The number of imidazole rings is 1.